The van der Waals surface area contributed by atoms with Crippen molar-refractivity contribution in [2.24, 2.45) is 10.9 Å². The highest BCUT2D eigenvalue weighted by Crippen LogP contribution is 2.38. The van der Waals surface area contributed by atoms with Crippen molar-refractivity contribution in [2.75, 3.05) is 41.4 Å². The van der Waals surface area contributed by atoms with Gasteiger partial charge in [0.25, 0.3) is 0 Å². The largest absolute Gasteiger partial charge is 0.502 e. The summed E-state index contributed by atoms with van der Waals surface area (Å²) in [5, 5.41) is 19.1. The summed E-state index contributed by atoms with van der Waals surface area (Å²) in [5.41, 5.74) is 0.929. The number of aliphatic imine (C=N–C) groups is 1. The molecule has 1 saturated heterocycles. The molecule has 7 nitrogen and oxygen atoms in total. The summed E-state index contributed by atoms with van der Waals surface area (Å²) in [6.45, 7) is 2.52. The Morgan fingerprint density at radius 1 is 1.26 bits per heavy atom. The van der Waals surface area contributed by atoms with Gasteiger partial charge in [-0.05, 0) is 61.5 Å². The van der Waals surface area contributed by atoms with Crippen molar-refractivity contribution < 1.29 is 14.6 Å². The van der Waals surface area contributed by atoms with Crippen LogP contribution in [0.5, 0.6) is 17.2 Å². The second kappa shape index (κ2) is 12.4. The second-order valence-corrected chi connectivity index (χ2v) is 8.48. The number of nitrogens with one attached hydrogen (secondary N) is 2. The number of methoxy groups -OCH3 is 2. The van der Waals surface area contributed by atoms with Gasteiger partial charge in [0.2, 0.25) is 5.75 Å². The zero-order valence-corrected chi connectivity index (χ0v) is 21.7. The third-order valence-corrected chi connectivity index (χ3v) is 6.54. The second-order valence-electron chi connectivity index (χ2n) is 7.50. The molecule has 1 aliphatic heterocycles. The highest BCUT2D eigenvalue weighted by molar-refractivity contribution is 14.0. The third kappa shape index (κ3) is 6.39. The van der Waals surface area contributed by atoms with Crippen LogP contribution in [-0.2, 0) is 6.54 Å². The van der Waals surface area contributed by atoms with Gasteiger partial charge in [0, 0.05) is 31.1 Å². The number of nitrogens with zero attached hydrogens (tertiary/aromatic N) is 2. The Morgan fingerprint density at radius 3 is 2.55 bits per heavy atom. The molecule has 31 heavy (non-hydrogen) atoms. The van der Waals surface area contributed by atoms with Crippen LogP contribution in [-0.4, -0.2) is 57.4 Å². The highest BCUT2D eigenvalue weighted by Gasteiger charge is 2.31. The summed E-state index contributed by atoms with van der Waals surface area (Å²) < 4.78 is 10.5. The number of benzene rings is 1. The van der Waals surface area contributed by atoms with Crippen molar-refractivity contribution in [1.29, 1.82) is 0 Å². The van der Waals surface area contributed by atoms with Gasteiger partial charge < -0.3 is 25.2 Å². The van der Waals surface area contributed by atoms with Gasteiger partial charge in [-0.1, -0.05) is 6.07 Å². The van der Waals surface area contributed by atoms with E-state index in [0.717, 1.165) is 24.6 Å². The molecule has 0 amide bonds. The first kappa shape index (κ1) is 25.5. The number of hydrogen-bond donors (Lipinski definition) is 3. The number of aromatic hydroxyl groups is 1. The van der Waals surface area contributed by atoms with E-state index in [9.17, 15) is 5.11 Å². The number of likely N-dealkylation sites (tertiary alicyclic amines) is 1. The summed E-state index contributed by atoms with van der Waals surface area (Å²) in [7, 11) is 7.04. The van der Waals surface area contributed by atoms with E-state index in [1.165, 1.54) is 31.9 Å². The molecule has 172 valence electrons. The fourth-order valence-corrected chi connectivity index (χ4v) is 5.05. The lowest BCUT2D eigenvalue weighted by atomic mass is 9.88. The molecule has 1 aliphatic rings. The number of guanidine groups is 1. The Kier molecular flexibility index (Phi) is 10.2. The minimum absolute atomic E-state index is 0. The highest BCUT2D eigenvalue weighted by atomic mass is 127. The van der Waals surface area contributed by atoms with E-state index in [0.29, 0.717) is 30.0 Å². The van der Waals surface area contributed by atoms with Crippen LogP contribution < -0.4 is 20.1 Å². The van der Waals surface area contributed by atoms with Crippen molar-refractivity contribution in [1.82, 2.24) is 15.5 Å². The molecule has 9 heteroatoms. The summed E-state index contributed by atoms with van der Waals surface area (Å²) in [6, 6.07) is 8.40. The van der Waals surface area contributed by atoms with Crippen molar-refractivity contribution >= 4 is 41.3 Å². The molecule has 0 saturated carbocycles. The fraction of sp³-hybridized carbons (Fsp3) is 0.500. The maximum atomic E-state index is 10.1. The molecule has 1 aromatic carbocycles. The first-order valence-corrected chi connectivity index (χ1v) is 11.1. The summed E-state index contributed by atoms with van der Waals surface area (Å²) in [4.78, 5) is 8.26. The average Bonchev–Trinajstić information content (AvgIpc) is 3.29. The molecular formula is C22H33IN4O3S. The molecule has 0 radical (unpaired) electrons. The van der Waals surface area contributed by atoms with E-state index in [1.807, 2.05) is 11.3 Å². The molecule has 2 atom stereocenters. The quantitative estimate of drug-likeness (QED) is 0.272. The number of phenolic OH excluding ortho intramolecular Hbond substituents is 1. The molecular weight excluding hydrogens is 527 g/mol. The Bertz CT molecular complexity index is 822. The number of rotatable bonds is 7. The molecule has 2 heterocycles. The fourth-order valence-electron chi connectivity index (χ4n) is 4.07. The van der Waals surface area contributed by atoms with Gasteiger partial charge >= 0.3 is 0 Å². The minimum atomic E-state index is 0. The van der Waals surface area contributed by atoms with Gasteiger partial charge in [0.05, 0.1) is 14.2 Å². The van der Waals surface area contributed by atoms with Crippen LogP contribution in [0.25, 0.3) is 0 Å². The van der Waals surface area contributed by atoms with Gasteiger partial charge in [0.1, 0.15) is 0 Å². The van der Waals surface area contributed by atoms with Gasteiger partial charge in [-0.3, -0.25) is 9.89 Å². The molecule has 1 fully saturated rings. The lowest BCUT2D eigenvalue weighted by Crippen LogP contribution is -2.44. The topological polar surface area (TPSA) is 78.4 Å². The molecule has 2 unspecified atom stereocenters. The Morgan fingerprint density at radius 2 is 1.97 bits per heavy atom. The molecule has 0 bridgehead atoms. The van der Waals surface area contributed by atoms with Crippen LogP contribution >= 0.6 is 35.3 Å². The first-order valence-electron chi connectivity index (χ1n) is 10.2. The van der Waals surface area contributed by atoms with Crippen LogP contribution in [0.1, 0.15) is 29.3 Å². The first-order chi connectivity index (χ1) is 14.6. The van der Waals surface area contributed by atoms with Crippen LogP contribution in [0.3, 0.4) is 0 Å². The molecule has 2 aromatic rings. The van der Waals surface area contributed by atoms with Crippen molar-refractivity contribution in [3.05, 3.63) is 40.1 Å². The predicted molar refractivity (Wildman–Crippen MR) is 137 cm³/mol. The van der Waals surface area contributed by atoms with Crippen LogP contribution in [0.4, 0.5) is 0 Å². The van der Waals surface area contributed by atoms with Crippen molar-refractivity contribution in [2.45, 2.75) is 25.4 Å². The number of ether oxygens (including phenoxy) is 2. The number of thiophene rings is 1. The van der Waals surface area contributed by atoms with Gasteiger partial charge in [-0.15, -0.1) is 35.3 Å². The predicted octanol–water partition coefficient (Wildman–Crippen LogP) is 3.84. The van der Waals surface area contributed by atoms with E-state index in [-0.39, 0.29) is 29.7 Å². The maximum absolute atomic E-state index is 10.1. The lowest BCUT2D eigenvalue weighted by molar-refractivity contribution is 0.125. The number of phenols is 1. The van der Waals surface area contributed by atoms with Crippen molar-refractivity contribution in [3.63, 3.8) is 0 Å². The van der Waals surface area contributed by atoms with E-state index < -0.39 is 0 Å². The Labute approximate surface area is 205 Å². The Balaban J connectivity index is 0.00000341. The molecule has 1 aromatic heterocycles. The van der Waals surface area contributed by atoms with E-state index in [1.54, 1.807) is 19.2 Å². The lowest BCUT2D eigenvalue weighted by Gasteiger charge is -2.39. The summed E-state index contributed by atoms with van der Waals surface area (Å²) >= 11 is 1.83. The van der Waals surface area contributed by atoms with Crippen LogP contribution in [0.15, 0.2) is 34.6 Å². The maximum Gasteiger partial charge on any atom is 0.200 e. The van der Waals surface area contributed by atoms with E-state index in [4.69, 9.17) is 9.47 Å². The SMILES string of the molecule is CN=C(NCc1cc(OC)c(O)c(OC)c1)NCC1CCCN(C)C1c1cccs1.I. The number of piperidine rings is 1. The van der Waals surface area contributed by atoms with Gasteiger partial charge in [-0.2, -0.15) is 0 Å². The number of hydrogen-bond acceptors (Lipinski definition) is 6. The normalized spacial score (nSPS) is 19.4. The van der Waals surface area contributed by atoms with Gasteiger partial charge in [0.15, 0.2) is 17.5 Å². The van der Waals surface area contributed by atoms with E-state index >= 15 is 0 Å². The standard InChI is InChI=1S/C22H32N4O3S.HI/c1-23-22(24-13-15-11-17(28-3)21(27)18(12-15)29-4)25-14-16-7-5-9-26(2)20(16)19-8-6-10-30-19;/h6,8,10-12,16,20,27H,5,7,9,13-14H2,1-4H3,(H2,23,24,25);1H. The Hall–Kier alpha value is -1.72. The van der Waals surface area contributed by atoms with Crippen molar-refractivity contribution in [3.8, 4) is 17.2 Å². The smallest absolute Gasteiger partial charge is 0.200 e. The zero-order chi connectivity index (χ0) is 21.5. The molecule has 0 aliphatic carbocycles. The molecule has 3 rings (SSSR count). The average molecular weight is 561 g/mol. The number of halogens is 1. The molecule has 0 spiro atoms. The third-order valence-electron chi connectivity index (χ3n) is 5.60. The van der Waals surface area contributed by atoms with Crippen LogP contribution in [0.2, 0.25) is 0 Å². The molecule has 3 N–H and O–H groups in total. The summed E-state index contributed by atoms with van der Waals surface area (Å²) in [6.07, 6.45) is 2.41. The van der Waals surface area contributed by atoms with Gasteiger partial charge in [-0.25, -0.2) is 0 Å². The minimum Gasteiger partial charge on any atom is -0.502 e. The monoisotopic (exact) mass is 560 g/mol. The van der Waals surface area contributed by atoms with E-state index in [2.05, 4.69) is 45.1 Å². The summed E-state index contributed by atoms with van der Waals surface area (Å²) in [5.74, 6) is 2.05. The zero-order valence-electron chi connectivity index (χ0n) is 18.6. The van der Waals surface area contributed by atoms with Crippen LogP contribution in [0, 0.1) is 5.92 Å².